The fraction of sp³-hybridized carbons (Fsp3) is 0.846. The zero-order chi connectivity index (χ0) is 15.1. The maximum absolute atomic E-state index is 12.6. The van der Waals surface area contributed by atoms with Crippen LogP contribution in [0.3, 0.4) is 0 Å². The van der Waals surface area contributed by atoms with Gasteiger partial charge in [0.15, 0.2) is 9.84 Å². The standard InChI is InChI=1S/C13H22N2O4S/c1-4-8(2)11-13(17)15(9(3)12(16)14-11)10-5-6-20(18,19)7-10/h8-11H,4-7H2,1-3H3,(H,14,16). The van der Waals surface area contributed by atoms with Crippen LogP contribution in [-0.4, -0.2) is 54.8 Å². The summed E-state index contributed by atoms with van der Waals surface area (Å²) in [5, 5.41) is 2.76. The second kappa shape index (κ2) is 5.35. The van der Waals surface area contributed by atoms with Crippen LogP contribution in [0, 0.1) is 5.92 Å². The normalized spacial score (nSPS) is 35.0. The fourth-order valence-corrected chi connectivity index (χ4v) is 4.64. The molecule has 0 saturated carbocycles. The second-order valence-electron chi connectivity index (χ2n) is 5.85. The van der Waals surface area contributed by atoms with Crippen molar-refractivity contribution in [1.82, 2.24) is 10.2 Å². The number of rotatable bonds is 3. The SMILES string of the molecule is CCC(C)C1NC(=O)C(C)N(C2CCS(=O)(=O)C2)C1=O. The molecule has 2 fully saturated rings. The van der Waals surface area contributed by atoms with Crippen molar-refractivity contribution in [3.8, 4) is 0 Å². The summed E-state index contributed by atoms with van der Waals surface area (Å²) in [4.78, 5) is 26.1. The van der Waals surface area contributed by atoms with Crippen LogP contribution < -0.4 is 5.32 Å². The highest BCUT2D eigenvalue weighted by Gasteiger charge is 2.45. The quantitative estimate of drug-likeness (QED) is 0.791. The average molecular weight is 302 g/mol. The van der Waals surface area contributed by atoms with Crippen molar-refractivity contribution < 1.29 is 18.0 Å². The molecule has 0 aromatic carbocycles. The molecule has 0 radical (unpaired) electrons. The van der Waals surface area contributed by atoms with E-state index in [1.807, 2.05) is 13.8 Å². The van der Waals surface area contributed by atoms with Crippen LogP contribution in [0.2, 0.25) is 0 Å². The van der Waals surface area contributed by atoms with E-state index >= 15 is 0 Å². The summed E-state index contributed by atoms with van der Waals surface area (Å²) in [7, 11) is -3.08. The number of piperazine rings is 1. The summed E-state index contributed by atoms with van der Waals surface area (Å²) < 4.78 is 23.2. The third kappa shape index (κ3) is 2.68. The molecule has 2 aliphatic heterocycles. The van der Waals surface area contributed by atoms with Gasteiger partial charge in [0, 0.05) is 6.04 Å². The van der Waals surface area contributed by atoms with Crippen molar-refractivity contribution in [1.29, 1.82) is 0 Å². The van der Waals surface area contributed by atoms with Gasteiger partial charge in [0.2, 0.25) is 11.8 Å². The van der Waals surface area contributed by atoms with Gasteiger partial charge in [0.05, 0.1) is 11.5 Å². The van der Waals surface area contributed by atoms with Gasteiger partial charge in [-0.15, -0.1) is 0 Å². The zero-order valence-corrected chi connectivity index (χ0v) is 12.9. The van der Waals surface area contributed by atoms with Crippen molar-refractivity contribution in [2.24, 2.45) is 5.92 Å². The Morgan fingerprint density at radius 2 is 2.05 bits per heavy atom. The first-order chi connectivity index (χ1) is 9.26. The van der Waals surface area contributed by atoms with E-state index in [0.29, 0.717) is 6.42 Å². The first kappa shape index (κ1) is 15.3. The molecule has 0 aromatic heterocycles. The summed E-state index contributed by atoms with van der Waals surface area (Å²) in [6.45, 7) is 5.54. The molecule has 2 heterocycles. The molecule has 1 N–H and O–H groups in total. The smallest absolute Gasteiger partial charge is 0.246 e. The van der Waals surface area contributed by atoms with Gasteiger partial charge < -0.3 is 10.2 Å². The largest absolute Gasteiger partial charge is 0.342 e. The van der Waals surface area contributed by atoms with Crippen LogP contribution in [0.5, 0.6) is 0 Å². The molecule has 2 saturated heterocycles. The van der Waals surface area contributed by atoms with Gasteiger partial charge in [-0.2, -0.15) is 0 Å². The van der Waals surface area contributed by atoms with Gasteiger partial charge >= 0.3 is 0 Å². The number of amides is 2. The Labute approximate surface area is 119 Å². The van der Waals surface area contributed by atoms with E-state index in [9.17, 15) is 18.0 Å². The predicted molar refractivity (Wildman–Crippen MR) is 74.8 cm³/mol. The van der Waals surface area contributed by atoms with Crippen LogP contribution in [0.15, 0.2) is 0 Å². The molecule has 0 bridgehead atoms. The van der Waals surface area contributed by atoms with Crippen molar-refractivity contribution >= 4 is 21.7 Å². The van der Waals surface area contributed by atoms with E-state index in [4.69, 9.17) is 0 Å². The minimum atomic E-state index is -3.08. The Morgan fingerprint density at radius 3 is 2.55 bits per heavy atom. The second-order valence-corrected chi connectivity index (χ2v) is 8.08. The Bertz CT molecular complexity index is 516. The molecule has 0 aromatic rings. The Hall–Kier alpha value is -1.11. The topological polar surface area (TPSA) is 83.6 Å². The van der Waals surface area contributed by atoms with E-state index in [1.54, 1.807) is 6.92 Å². The molecule has 7 heteroatoms. The van der Waals surface area contributed by atoms with E-state index in [-0.39, 0.29) is 35.3 Å². The van der Waals surface area contributed by atoms with Crippen LogP contribution in [0.4, 0.5) is 0 Å². The van der Waals surface area contributed by atoms with Gasteiger partial charge in [0.25, 0.3) is 0 Å². The highest BCUT2D eigenvalue weighted by molar-refractivity contribution is 7.91. The highest BCUT2D eigenvalue weighted by atomic mass is 32.2. The van der Waals surface area contributed by atoms with Gasteiger partial charge in [-0.1, -0.05) is 20.3 Å². The van der Waals surface area contributed by atoms with Crippen molar-refractivity contribution in [3.05, 3.63) is 0 Å². The maximum atomic E-state index is 12.6. The van der Waals surface area contributed by atoms with Gasteiger partial charge in [-0.25, -0.2) is 8.42 Å². The lowest BCUT2D eigenvalue weighted by molar-refractivity contribution is -0.152. The lowest BCUT2D eigenvalue weighted by atomic mass is 9.93. The Balaban J connectivity index is 2.25. The Morgan fingerprint density at radius 1 is 1.40 bits per heavy atom. The number of sulfone groups is 1. The van der Waals surface area contributed by atoms with Crippen molar-refractivity contribution in [2.75, 3.05) is 11.5 Å². The third-order valence-electron chi connectivity index (χ3n) is 4.43. The first-order valence-corrected chi connectivity index (χ1v) is 8.92. The molecule has 4 unspecified atom stereocenters. The van der Waals surface area contributed by atoms with Crippen molar-refractivity contribution in [2.45, 2.75) is 51.7 Å². The van der Waals surface area contributed by atoms with Gasteiger partial charge in [-0.3, -0.25) is 9.59 Å². The molecule has 2 aliphatic rings. The average Bonchev–Trinajstić information content (AvgIpc) is 2.73. The summed E-state index contributed by atoms with van der Waals surface area (Å²) in [6, 6.07) is -1.49. The van der Waals surface area contributed by atoms with Crippen molar-refractivity contribution in [3.63, 3.8) is 0 Å². The monoisotopic (exact) mass is 302 g/mol. The molecule has 0 spiro atoms. The van der Waals surface area contributed by atoms with E-state index < -0.39 is 21.9 Å². The number of carbonyl (C=O) groups excluding carboxylic acids is 2. The summed E-state index contributed by atoms with van der Waals surface area (Å²) in [5.74, 6) is -0.222. The minimum absolute atomic E-state index is 0.0242. The number of carbonyl (C=O) groups is 2. The fourth-order valence-electron chi connectivity index (χ4n) is 2.93. The predicted octanol–water partition coefficient (Wildman–Crippen LogP) is -0.0649. The number of hydrogen-bond donors (Lipinski definition) is 1. The summed E-state index contributed by atoms with van der Waals surface area (Å²) in [6.07, 6.45) is 1.21. The molecule has 2 rings (SSSR count). The van der Waals surface area contributed by atoms with Gasteiger partial charge in [-0.05, 0) is 19.3 Å². The van der Waals surface area contributed by atoms with Crippen LogP contribution in [0.25, 0.3) is 0 Å². The number of hydrogen-bond acceptors (Lipinski definition) is 4. The van der Waals surface area contributed by atoms with Crippen LogP contribution in [-0.2, 0) is 19.4 Å². The molecule has 114 valence electrons. The van der Waals surface area contributed by atoms with E-state index in [2.05, 4.69) is 5.32 Å². The molecular formula is C13H22N2O4S. The molecule has 0 aliphatic carbocycles. The highest BCUT2D eigenvalue weighted by Crippen LogP contribution is 2.25. The Kier molecular flexibility index (Phi) is 4.09. The zero-order valence-electron chi connectivity index (χ0n) is 12.1. The van der Waals surface area contributed by atoms with E-state index in [0.717, 1.165) is 6.42 Å². The van der Waals surface area contributed by atoms with Crippen LogP contribution in [0.1, 0.15) is 33.6 Å². The molecule has 20 heavy (non-hydrogen) atoms. The lowest BCUT2D eigenvalue weighted by Gasteiger charge is -2.42. The molecular weight excluding hydrogens is 280 g/mol. The maximum Gasteiger partial charge on any atom is 0.246 e. The summed E-state index contributed by atoms with van der Waals surface area (Å²) >= 11 is 0. The molecule has 4 atom stereocenters. The molecule has 6 nitrogen and oxygen atoms in total. The number of nitrogens with zero attached hydrogens (tertiary/aromatic N) is 1. The minimum Gasteiger partial charge on any atom is -0.342 e. The first-order valence-electron chi connectivity index (χ1n) is 7.09. The van der Waals surface area contributed by atoms with Crippen LogP contribution >= 0.6 is 0 Å². The number of nitrogens with one attached hydrogen (secondary N) is 1. The summed E-state index contributed by atoms with van der Waals surface area (Å²) in [5.41, 5.74) is 0. The lowest BCUT2D eigenvalue weighted by Crippen LogP contribution is -2.66. The van der Waals surface area contributed by atoms with Gasteiger partial charge in [0.1, 0.15) is 12.1 Å². The molecule has 2 amide bonds. The third-order valence-corrected chi connectivity index (χ3v) is 6.18. The van der Waals surface area contributed by atoms with E-state index in [1.165, 1.54) is 4.90 Å².